The Morgan fingerprint density at radius 1 is 1.50 bits per heavy atom. The highest BCUT2D eigenvalue weighted by Gasteiger charge is 2.19. The summed E-state index contributed by atoms with van der Waals surface area (Å²) in [6, 6.07) is 4.70. The zero-order valence-electron chi connectivity index (χ0n) is 9.75. The highest BCUT2D eigenvalue weighted by atomic mass is 35.5. The van der Waals surface area contributed by atoms with Crippen molar-refractivity contribution >= 4 is 17.3 Å². The molecule has 1 aromatic carbocycles. The average molecular weight is 268 g/mol. The molecule has 0 saturated heterocycles. The van der Waals surface area contributed by atoms with Crippen LogP contribution in [0.3, 0.4) is 0 Å². The van der Waals surface area contributed by atoms with Crippen LogP contribution in [0.1, 0.15) is 23.7 Å². The van der Waals surface area contributed by atoms with Gasteiger partial charge in [0.05, 0.1) is 10.3 Å². The third-order valence-corrected chi connectivity index (χ3v) is 2.73. The lowest BCUT2D eigenvalue weighted by molar-refractivity contribution is -0.385. The molecule has 94 valence electrons. The van der Waals surface area contributed by atoms with Crippen LogP contribution in [0, 0.1) is 17.0 Å². The van der Waals surface area contributed by atoms with Crippen molar-refractivity contribution in [1.82, 2.24) is 10.1 Å². The van der Waals surface area contributed by atoms with Crippen molar-refractivity contribution in [2.75, 3.05) is 0 Å². The Labute approximate surface area is 108 Å². The Morgan fingerprint density at radius 2 is 2.22 bits per heavy atom. The quantitative estimate of drug-likeness (QED) is 0.484. The van der Waals surface area contributed by atoms with Crippen LogP contribution in [-0.2, 0) is 0 Å². The largest absolute Gasteiger partial charge is 0.334 e. The molecule has 0 N–H and O–H groups in total. The number of nitro groups is 1. The predicted molar refractivity (Wildman–Crippen MR) is 65.4 cm³/mol. The second-order valence-electron chi connectivity index (χ2n) is 3.78. The van der Waals surface area contributed by atoms with Crippen molar-refractivity contribution < 1.29 is 9.45 Å². The van der Waals surface area contributed by atoms with Gasteiger partial charge in [0.1, 0.15) is 0 Å². The van der Waals surface area contributed by atoms with Crippen molar-refractivity contribution in [2.45, 2.75) is 19.2 Å². The lowest BCUT2D eigenvalue weighted by atomic mass is 10.1. The van der Waals surface area contributed by atoms with Gasteiger partial charge in [0, 0.05) is 17.2 Å². The number of hydrogen-bond donors (Lipinski definition) is 0. The van der Waals surface area contributed by atoms with Crippen molar-refractivity contribution in [3.8, 4) is 11.5 Å². The standard InChI is InChI=1S/C11H10ClN3O3/c1-6-8(4-3-5-9(6)15(16)17)11-13-10(7(2)12)14-18-11/h3-5,7H,1-2H3. The summed E-state index contributed by atoms with van der Waals surface area (Å²) in [5, 5.41) is 14.2. The van der Waals surface area contributed by atoms with Crippen molar-refractivity contribution in [2.24, 2.45) is 0 Å². The molecular formula is C11H10ClN3O3. The molecule has 0 amide bonds. The minimum atomic E-state index is -0.444. The number of rotatable bonds is 3. The molecule has 0 spiro atoms. The Bertz CT molecular complexity index is 595. The molecule has 0 aliphatic heterocycles. The minimum Gasteiger partial charge on any atom is -0.334 e. The number of halogens is 1. The summed E-state index contributed by atoms with van der Waals surface area (Å²) in [6.45, 7) is 3.36. The molecule has 0 aliphatic rings. The number of nitrogens with zero attached hydrogens (tertiary/aromatic N) is 3. The highest BCUT2D eigenvalue weighted by molar-refractivity contribution is 6.20. The van der Waals surface area contributed by atoms with Crippen LogP contribution in [-0.4, -0.2) is 15.1 Å². The fraction of sp³-hybridized carbons (Fsp3) is 0.273. The van der Waals surface area contributed by atoms with Crippen LogP contribution >= 0.6 is 11.6 Å². The maximum absolute atomic E-state index is 10.8. The van der Waals surface area contributed by atoms with Gasteiger partial charge in [0.15, 0.2) is 5.82 Å². The fourth-order valence-corrected chi connectivity index (χ4v) is 1.65. The van der Waals surface area contributed by atoms with Gasteiger partial charge in [-0.25, -0.2) is 0 Å². The summed E-state index contributed by atoms with van der Waals surface area (Å²) in [5.74, 6) is 0.594. The summed E-state index contributed by atoms with van der Waals surface area (Å²) in [5.41, 5.74) is 1.05. The fourth-order valence-electron chi connectivity index (χ4n) is 1.56. The molecule has 0 bridgehead atoms. The highest BCUT2D eigenvalue weighted by Crippen LogP contribution is 2.29. The summed E-state index contributed by atoms with van der Waals surface area (Å²) < 4.78 is 5.06. The van der Waals surface area contributed by atoms with Gasteiger partial charge in [0.2, 0.25) is 0 Å². The molecule has 0 fully saturated rings. The predicted octanol–water partition coefficient (Wildman–Crippen LogP) is 3.25. The van der Waals surface area contributed by atoms with E-state index in [-0.39, 0.29) is 17.0 Å². The Hall–Kier alpha value is -1.95. The van der Waals surface area contributed by atoms with E-state index in [9.17, 15) is 10.1 Å². The van der Waals surface area contributed by atoms with Gasteiger partial charge >= 0.3 is 0 Å². The first kappa shape index (κ1) is 12.5. The minimum absolute atomic E-state index is 0.0196. The topological polar surface area (TPSA) is 82.1 Å². The van der Waals surface area contributed by atoms with E-state index in [0.717, 1.165) is 0 Å². The molecule has 1 heterocycles. The molecule has 2 rings (SSSR count). The van der Waals surface area contributed by atoms with E-state index in [4.69, 9.17) is 16.1 Å². The lowest BCUT2D eigenvalue weighted by Crippen LogP contribution is -1.94. The molecule has 1 atom stereocenters. The Balaban J connectivity index is 2.50. The van der Waals surface area contributed by atoms with Crippen LogP contribution in [0.2, 0.25) is 0 Å². The zero-order valence-corrected chi connectivity index (χ0v) is 10.5. The van der Waals surface area contributed by atoms with Crippen LogP contribution in [0.25, 0.3) is 11.5 Å². The van der Waals surface area contributed by atoms with E-state index in [2.05, 4.69) is 10.1 Å². The molecule has 0 saturated carbocycles. The Morgan fingerprint density at radius 3 is 2.78 bits per heavy atom. The Kier molecular flexibility index (Phi) is 3.29. The van der Waals surface area contributed by atoms with Gasteiger partial charge in [-0.3, -0.25) is 10.1 Å². The zero-order chi connectivity index (χ0) is 13.3. The van der Waals surface area contributed by atoms with Crippen molar-refractivity contribution in [3.05, 3.63) is 39.7 Å². The summed E-state index contributed by atoms with van der Waals surface area (Å²) in [7, 11) is 0. The van der Waals surface area contributed by atoms with Crippen LogP contribution in [0.5, 0.6) is 0 Å². The third kappa shape index (κ3) is 2.19. The van der Waals surface area contributed by atoms with Gasteiger partial charge in [0.25, 0.3) is 11.6 Å². The first-order chi connectivity index (χ1) is 8.50. The maximum Gasteiger partial charge on any atom is 0.273 e. The van der Waals surface area contributed by atoms with Crippen molar-refractivity contribution in [1.29, 1.82) is 0 Å². The number of hydrogen-bond acceptors (Lipinski definition) is 5. The molecule has 0 aliphatic carbocycles. The van der Waals surface area contributed by atoms with E-state index in [0.29, 0.717) is 17.0 Å². The second kappa shape index (κ2) is 4.73. The summed E-state index contributed by atoms with van der Waals surface area (Å²) in [6.07, 6.45) is 0. The average Bonchev–Trinajstić information content (AvgIpc) is 2.78. The molecular weight excluding hydrogens is 258 g/mol. The maximum atomic E-state index is 10.8. The van der Waals surface area contributed by atoms with E-state index < -0.39 is 4.92 Å². The molecule has 18 heavy (non-hydrogen) atoms. The molecule has 6 nitrogen and oxygen atoms in total. The normalized spacial score (nSPS) is 12.4. The van der Waals surface area contributed by atoms with Gasteiger partial charge in [-0.1, -0.05) is 11.2 Å². The van der Waals surface area contributed by atoms with Gasteiger partial charge in [-0.15, -0.1) is 11.6 Å². The van der Waals surface area contributed by atoms with E-state index in [1.165, 1.54) is 6.07 Å². The number of alkyl halides is 1. The lowest BCUT2D eigenvalue weighted by Gasteiger charge is -2.01. The van der Waals surface area contributed by atoms with E-state index >= 15 is 0 Å². The van der Waals surface area contributed by atoms with Gasteiger partial charge in [-0.2, -0.15) is 4.98 Å². The summed E-state index contributed by atoms with van der Waals surface area (Å²) >= 11 is 5.83. The molecule has 7 heteroatoms. The first-order valence-electron chi connectivity index (χ1n) is 5.22. The number of nitro benzene ring substituents is 1. The monoisotopic (exact) mass is 267 g/mol. The molecule has 1 unspecified atom stereocenters. The van der Waals surface area contributed by atoms with Crippen LogP contribution in [0.4, 0.5) is 5.69 Å². The van der Waals surface area contributed by atoms with Crippen molar-refractivity contribution in [3.63, 3.8) is 0 Å². The third-order valence-electron chi connectivity index (χ3n) is 2.53. The smallest absolute Gasteiger partial charge is 0.273 e. The molecule has 0 radical (unpaired) electrons. The molecule has 2 aromatic rings. The second-order valence-corrected chi connectivity index (χ2v) is 4.44. The van der Waals surface area contributed by atoms with Crippen LogP contribution < -0.4 is 0 Å². The number of benzene rings is 1. The number of aromatic nitrogens is 2. The molecule has 1 aromatic heterocycles. The first-order valence-corrected chi connectivity index (χ1v) is 5.66. The van der Waals surface area contributed by atoms with Crippen LogP contribution in [0.15, 0.2) is 22.7 Å². The van der Waals surface area contributed by atoms with E-state index in [1.54, 1.807) is 26.0 Å². The van der Waals surface area contributed by atoms with E-state index in [1.807, 2.05) is 0 Å². The van der Waals surface area contributed by atoms with Gasteiger partial charge < -0.3 is 4.52 Å². The SMILES string of the molecule is Cc1c(-c2nc(C(C)Cl)no2)cccc1[N+](=O)[O-]. The summed E-state index contributed by atoms with van der Waals surface area (Å²) in [4.78, 5) is 14.5. The van der Waals surface area contributed by atoms with Gasteiger partial charge in [-0.05, 0) is 19.9 Å².